The summed E-state index contributed by atoms with van der Waals surface area (Å²) in [6.45, 7) is 19.8. The van der Waals surface area contributed by atoms with Crippen LogP contribution in [0.25, 0.3) is 0 Å². The molecule has 5 amide bonds. The van der Waals surface area contributed by atoms with Crippen LogP contribution in [-0.4, -0.2) is 129 Å². The molecule has 0 aliphatic carbocycles. The maximum Gasteiger partial charge on any atom is 0.325 e. The third-order valence-electron chi connectivity index (χ3n) is 9.62. The van der Waals surface area contributed by atoms with Crippen molar-refractivity contribution in [2.24, 2.45) is 11.8 Å². The number of hydrogen-bond acceptors (Lipinski definition) is 8. The first kappa shape index (κ1) is 50.3. The Morgan fingerprint density at radius 3 is 1.89 bits per heavy atom. The van der Waals surface area contributed by atoms with Crippen LogP contribution in [0.4, 0.5) is 4.79 Å². The molecule has 2 N–H and O–H groups in total. The minimum absolute atomic E-state index is 0.000134. The first-order valence-corrected chi connectivity index (χ1v) is 19.5. The summed E-state index contributed by atoms with van der Waals surface area (Å²) >= 11 is 0. The number of likely N-dealkylation sites (tertiary alicyclic amines) is 1. The number of rotatable bonds is 17. The van der Waals surface area contributed by atoms with E-state index in [-0.39, 0.29) is 67.3 Å². The van der Waals surface area contributed by atoms with Crippen molar-refractivity contribution in [2.75, 3.05) is 48.0 Å². The second kappa shape index (κ2) is 27.0. The SMILES string of the molecule is CCC.CCC(C)C(C(CC(=O)N1CCCC1C(OC)C(C)C(=O)NCC(=O)OC)OC)N(C)C(=O)CNC(=O)N(C(C)C)C(C)C.Cc1ccccc1. The van der Waals surface area contributed by atoms with Crippen molar-refractivity contribution in [1.82, 2.24) is 25.3 Å². The van der Waals surface area contributed by atoms with Crippen LogP contribution in [-0.2, 0) is 33.4 Å². The highest BCUT2D eigenvalue weighted by atomic mass is 16.5. The smallest absolute Gasteiger partial charge is 0.325 e. The Labute approximate surface area is 326 Å². The summed E-state index contributed by atoms with van der Waals surface area (Å²) in [6, 6.07) is 9.14. The van der Waals surface area contributed by atoms with Crippen LogP contribution in [0.2, 0.25) is 0 Å². The fraction of sp³-hybridized carbons (Fsp3) is 0.732. The van der Waals surface area contributed by atoms with Crippen LogP contribution < -0.4 is 10.6 Å². The van der Waals surface area contributed by atoms with E-state index < -0.39 is 30.1 Å². The lowest BCUT2D eigenvalue weighted by atomic mass is 9.90. The number of carbonyl (C=O) groups excluding carboxylic acids is 5. The predicted molar refractivity (Wildman–Crippen MR) is 214 cm³/mol. The van der Waals surface area contributed by atoms with Crippen LogP contribution in [0.5, 0.6) is 0 Å². The molecule has 1 aliphatic heterocycles. The van der Waals surface area contributed by atoms with E-state index in [1.54, 1.807) is 28.7 Å². The van der Waals surface area contributed by atoms with Gasteiger partial charge >= 0.3 is 12.0 Å². The summed E-state index contributed by atoms with van der Waals surface area (Å²) in [5.41, 5.74) is 1.32. The quantitative estimate of drug-likeness (QED) is 0.200. The largest absolute Gasteiger partial charge is 0.468 e. The number of carbonyl (C=O) groups is 5. The highest BCUT2D eigenvalue weighted by Gasteiger charge is 2.42. The lowest BCUT2D eigenvalue weighted by Gasteiger charge is -2.39. The Hall–Kier alpha value is -3.71. The zero-order valence-corrected chi connectivity index (χ0v) is 35.8. The molecule has 0 spiro atoms. The van der Waals surface area contributed by atoms with Gasteiger partial charge in [0.2, 0.25) is 17.7 Å². The highest BCUT2D eigenvalue weighted by Crippen LogP contribution is 2.29. The summed E-state index contributed by atoms with van der Waals surface area (Å²) in [7, 11) is 5.96. The van der Waals surface area contributed by atoms with Crippen LogP contribution in [0.1, 0.15) is 100.0 Å². The second-order valence-corrected chi connectivity index (χ2v) is 14.6. The number of amides is 5. The molecule has 1 fully saturated rings. The minimum atomic E-state index is -0.629. The van der Waals surface area contributed by atoms with Crippen LogP contribution >= 0.6 is 0 Å². The van der Waals surface area contributed by atoms with Gasteiger partial charge in [-0.15, -0.1) is 0 Å². The lowest BCUT2D eigenvalue weighted by Crippen LogP contribution is -2.55. The van der Waals surface area contributed by atoms with Crippen molar-refractivity contribution in [3.63, 3.8) is 0 Å². The molecule has 310 valence electrons. The van der Waals surface area contributed by atoms with Gasteiger partial charge in [-0.25, -0.2) is 4.79 Å². The monoisotopic (exact) mass is 764 g/mol. The Kier molecular flexibility index (Phi) is 25.1. The van der Waals surface area contributed by atoms with Crippen molar-refractivity contribution in [1.29, 1.82) is 0 Å². The number of aryl methyl sites for hydroxylation is 1. The van der Waals surface area contributed by atoms with E-state index in [4.69, 9.17) is 9.47 Å². The topological polar surface area (TPSA) is 147 Å². The van der Waals surface area contributed by atoms with E-state index in [1.165, 1.54) is 33.3 Å². The van der Waals surface area contributed by atoms with Crippen LogP contribution in [0, 0.1) is 18.8 Å². The number of nitrogens with zero attached hydrogens (tertiary/aromatic N) is 3. The van der Waals surface area contributed by atoms with E-state index >= 15 is 0 Å². The van der Waals surface area contributed by atoms with Gasteiger partial charge in [0, 0.05) is 39.9 Å². The molecule has 54 heavy (non-hydrogen) atoms. The summed E-state index contributed by atoms with van der Waals surface area (Å²) in [4.78, 5) is 69.2. The molecule has 6 atom stereocenters. The summed E-state index contributed by atoms with van der Waals surface area (Å²) in [6.07, 6.45) is 2.24. The molecule has 2 rings (SSSR count). The summed E-state index contributed by atoms with van der Waals surface area (Å²) < 4.78 is 16.2. The van der Waals surface area contributed by atoms with Gasteiger partial charge in [0.1, 0.15) is 6.54 Å². The van der Waals surface area contributed by atoms with Crippen LogP contribution in [0.3, 0.4) is 0 Å². The second-order valence-electron chi connectivity index (χ2n) is 14.6. The van der Waals surface area contributed by atoms with Gasteiger partial charge in [-0.05, 0) is 53.4 Å². The van der Waals surface area contributed by atoms with Gasteiger partial charge in [-0.2, -0.15) is 0 Å². The van der Waals surface area contributed by atoms with Gasteiger partial charge in [0.25, 0.3) is 0 Å². The Morgan fingerprint density at radius 1 is 0.870 bits per heavy atom. The molecule has 1 saturated heterocycles. The zero-order valence-electron chi connectivity index (χ0n) is 35.8. The standard InChI is InChI=1S/C31H57N5O8.C7H8.C3H8/c1-12-21(6)28(34(8)26(38)17-33-31(41)36(19(2)3)20(4)5)24(42-9)16-25(37)35-15-13-14-23(35)29(44-11)22(7)30(40)32-18-27(39)43-10;1-7-5-3-2-4-6-7;1-3-2/h19-24,28-29H,12-18H2,1-11H3,(H,32,40)(H,33,41);2-6H,1H3;3H2,1-2H3. The lowest BCUT2D eigenvalue weighted by molar-refractivity contribution is -0.146. The van der Waals surface area contributed by atoms with E-state index in [2.05, 4.69) is 48.3 Å². The molecular weight excluding hydrogens is 690 g/mol. The van der Waals surface area contributed by atoms with Crippen molar-refractivity contribution in [3.8, 4) is 0 Å². The first-order valence-electron chi connectivity index (χ1n) is 19.5. The van der Waals surface area contributed by atoms with E-state index in [0.717, 1.165) is 12.8 Å². The maximum atomic E-state index is 13.8. The normalized spacial score (nSPS) is 16.4. The summed E-state index contributed by atoms with van der Waals surface area (Å²) in [5.74, 6) is -2.00. The van der Waals surface area contributed by atoms with Crippen molar-refractivity contribution < 1.29 is 38.2 Å². The third-order valence-corrected chi connectivity index (χ3v) is 9.62. The Balaban J connectivity index is 0.00000243. The molecule has 1 aromatic rings. The van der Waals surface area contributed by atoms with Gasteiger partial charge in [-0.1, -0.05) is 83.4 Å². The summed E-state index contributed by atoms with van der Waals surface area (Å²) in [5, 5.41) is 5.32. The number of ether oxygens (including phenoxy) is 3. The van der Waals surface area contributed by atoms with E-state index in [1.807, 2.05) is 59.7 Å². The molecule has 0 saturated carbocycles. The Morgan fingerprint density at radius 2 is 1.44 bits per heavy atom. The van der Waals surface area contributed by atoms with Gasteiger partial charge < -0.3 is 39.5 Å². The number of hydrogen-bond donors (Lipinski definition) is 2. The fourth-order valence-corrected chi connectivity index (χ4v) is 6.68. The highest BCUT2D eigenvalue weighted by molar-refractivity contribution is 5.85. The van der Waals surface area contributed by atoms with Gasteiger partial charge in [0.05, 0.1) is 50.3 Å². The number of esters is 1. The molecule has 0 aromatic heterocycles. The number of nitrogens with one attached hydrogen (secondary N) is 2. The van der Waals surface area contributed by atoms with Crippen molar-refractivity contribution >= 4 is 29.7 Å². The average Bonchev–Trinajstić information content (AvgIpc) is 3.62. The fourth-order valence-electron chi connectivity index (χ4n) is 6.68. The van der Waals surface area contributed by atoms with Crippen LogP contribution in [0.15, 0.2) is 30.3 Å². The van der Waals surface area contributed by atoms with Gasteiger partial charge in [-0.3, -0.25) is 19.2 Å². The molecule has 1 aromatic carbocycles. The Bertz CT molecular complexity index is 1240. The van der Waals surface area contributed by atoms with E-state index in [9.17, 15) is 24.0 Å². The number of urea groups is 1. The predicted octanol–water partition coefficient (Wildman–Crippen LogP) is 5.44. The van der Waals surface area contributed by atoms with Gasteiger partial charge in [0.15, 0.2) is 0 Å². The number of methoxy groups -OCH3 is 3. The first-order chi connectivity index (χ1) is 25.5. The average molecular weight is 764 g/mol. The molecule has 1 aliphatic rings. The third kappa shape index (κ3) is 16.8. The molecular formula is C41H73N5O8. The molecule has 1 heterocycles. The number of benzene rings is 1. The van der Waals surface area contributed by atoms with E-state index in [0.29, 0.717) is 13.0 Å². The molecule has 0 radical (unpaired) electrons. The molecule has 0 bridgehead atoms. The van der Waals surface area contributed by atoms with Crippen molar-refractivity contribution in [2.45, 2.75) is 138 Å². The molecule has 13 heteroatoms. The number of likely N-dealkylation sites (N-methyl/N-ethyl adjacent to an activating group) is 1. The maximum absolute atomic E-state index is 13.8. The molecule has 6 unspecified atom stereocenters. The molecule has 13 nitrogen and oxygen atoms in total. The zero-order chi connectivity index (χ0) is 41.5. The minimum Gasteiger partial charge on any atom is -0.468 e. The van der Waals surface area contributed by atoms with Crippen molar-refractivity contribution in [3.05, 3.63) is 35.9 Å².